The minimum Gasteiger partial charge on any atom is -0.550 e. The molecule has 0 unspecified atom stereocenters. The number of halogens is 4. The first-order valence-corrected chi connectivity index (χ1v) is 49.7. The van der Waals surface area contributed by atoms with E-state index in [1.165, 1.54) is 168 Å². The second kappa shape index (κ2) is 53.9. The van der Waals surface area contributed by atoms with Crippen molar-refractivity contribution in [3.63, 3.8) is 0 Å². The van der Waals surface area contributed by atoms with Crippen molar-refractivity contribution in [2.45, 2.75) is 213 Å². The van der Waals surface area contributed by atoms with Gasteiger partial charge in [0.05, 0.1) is 132 Å². The van der Waals surface area contributed by atoms with Gasteiger partial charge in [0.15, 0.2) is 0 Å². The molecule has 0 fully saturated rings. The Bertz CT molecular complexity index is 5630. The van der Waals surface area contributed by atoms with Crippen LogP contribution in [0.15, 0.2) is 121 Å². The number of carboxylic acid groups (broad SMARTS) is 3. The molecule has 36 nitrogen and oxygen atoms in total. The summed E-state index contributed by atoms with van der Waals surface area (Å²) in [7, 11) is -9.31. The predicted octanol–water partition coefficient (Wildman–Crippen LogP) is 8.56. The second-order valence-corrected chi connectivity index (χ2v) is 42.1. The van der Waals surface area contributed by atoms with Gasteiger partial charge in [0, 0.05) is 123 Å². The average Bonchev–Trinajstić information content (AvgIpc) is 0.792. The zero-order valence-electron chi connectivity index (χ0n) is 80.3. The number of carbonyl (C=O) groups excluding carboxylic acids is 3. The van der Waals surface area contributed by atoms with Gasteiger partial charge in [0.2, 0.25) is 63.9 Å². The third kappa shape index (κ3) is 39.4. The second-order valence-electron chi connectivity index (χ2n) is 34.1. The molecule has 0 bridgehead atoms. The van der Waals surface area contributed by atoms with Crippen molar-refractivity contribution in [1.29, 1.82) is 0 Å². The molecule has 138 heavy (non-hydrogen) atoms. The van der Waals surface area contributed by atoms with Crippen molar-refractivity contribution in [3.8, 4) is 45.0 Å². The molecule has 0 aliphatic heterocycles. The molecule has 8 rings (SSSR count). The largest absolute Gasteiger partial charge is 2.00 e. The Morgan fingerprint density at radius 3 is 0.725 bits per heavy atom. The predicted molar refractivity (Wildman–Crippen MR) is 517 cm³/mol. The number of aliphatic hydroxyl groups excluding tert-OH is 8. The summed E-state index contributed by atoms with van der Waals surface area (Å²) in [6.45, 7) is 20.0. The Hall–Kier alpha value is -10.3. The van der Waals surface area contributed by atoms with E-state index in [0.29, 0.717) is 90.1 Å². The van der Waals surface area contributed by atoms with Gasteiger partial charge in [-0.1, -0.05) is 111 Å². The Morgan fingerprint density at radius 1 is 0.370 bits per heavy atom. The molecule has 0 aliphatic rings. The van der Waals surface area contributed by atoms with Crippen LogP contribution in [0, 0.1) is 23.3 Å². The van der Waals surface area contributed by atoms with Gasteiger partial charge in [-0.15, -0.1) is 0 Å². The third-order valence-electron chi connectivity index (χ3n) is 19.7. The first kappa shape index (κ1) is 122. The van der Waals surface area contributed by atoms with Crippen LogP contribution in [0.25, 0.3) is 69.3 Å². The molecule has 45 heteroatoms. The van der Waals surface area contributed by atoms with Gasteiger partial charge >= 0.3 is 51.1 Å². The maximum absolute atomic E-state index is 13.6. The summed E-state index contributed by atoms with van der Waals surface area (Å²) in [5, 5.41) is 111. The summed E-state index contributed by atoms with van der Waals surface area (Å²) in [5.41, 5.74) is 6.53. The molecular weight excluding hydrogens is 1910 g/mol. The smallest absolute Gasteiger partial charge is 0.550 e. The number of aliphatic hydroxyl groups is 8. The van der Waals surface area contributed by atoms with Crippen molar-refractivity contribution in [2.24, 2.45) is 0 Å². The van der Waals surface area contributed by atoms with Crippen LogP contribution in [-0.2, 0) is 64.0 Å². The van der Waals surface area contributed by atoms with Crippen LogP contribution in [0.4, 0.5) is 41.4 Å². The van der Waals surface area contributed by atoms with E-state index in [1.807, 2.05) is 55.4 Å². The number of hydrogen-bond acceptors (Lipinski definition) is 31. The molecule has 0 saturated carbocycles. The molecule has 9 N–H and O–H groups in total. The van der Waals surface area contributed by atoms with E-state index in [0.717, 1.165) is 42.2 Å². The van der Waals surface area contributed by atoms with Crippen molar-refractivity contribution >= 4 is 150 Å². The van der Waals surface area contributed by atoms with Gasteiger partial charge < -0.3 is 70.5 Å². The Balaban J connectivity index is 0.000000623. The summed E-state index contributed by atoms with van der Waals surface area (Å²) in [6, 6.07) is 22.0. The topological polar surface area (TPSA) is 558 Å². The van der Waals surface area contributed by atoms with Crippen molar-refractivity contribution in [3.05, 3.63) is 190 Å². The molecule has 0 saturated heterocycles. The van der Waals surface area contributed by atoms with Crippen LogP contribution in [0.5, 0.6) is 0 Å². The van der Waals surface area contributed by atoms with Crippen molar-refractivity contribution < 1.29 is 133 Å². The van der Waals surface area contributed by atoms with E-state index in [4.69, 9.17) is 9.84 Å². The molecule has 0 aliphatic carbocycles. The minimum atomic E-state index is -3.66. The Kier molecular flexibility index (Phi) is 47.6. The molecular formula is C93H123CaF4N12O24S4+. The van der Waals surface area contributed by atoms with Crippen LogP contribution < -0.4 is 27.4 Å². The van der Waals surface area contributed by atoms with E-state index < -0.39 is 161 Å². The first-order chi connectivity index (χ1) is 62.8. The molecule has 4 heterocycles. The van der Waals surface area contributed by atoms with Crippen LogP contribution in [0.1, 0.15) is 205 Å². The van der Waals surface area contributed by atoms with Gasteiger partial charge in [0.25, 0.3) is 0 Å². The zero-order chi connectivity index (χ0) is 103. The number of carbonyl (C=O) groups is 4. The Labute approximate surface area is 834 Å². The van der Waals surface area contributed by atoms with E-state index in [-0.39, 0.29) is 126 Å². The van der Waals surface area contributed by atoms with E-state index in [2.05, 4.69) is 39.9 Å². The SMILES string of the molecule is C.CC(C)c1nc(N(C)S(C)(=O)=O)nc(-c2ccc(F)cc2)c1/C=C/[C@@H](O)C[C@@H](O)CC(=O)O.CC(C)c1nc(N(C)S(C)(=O)=O)nc(-c2ccc(F)cc2)c1/C=C/[C@@H](O)C[C@@H](O)CC(=O)OC(C)(C)C.CC(C)c1nc(N(C)S(C)(=O)=O)nc(-c2ccc(F)cc2)c1/C=C/[C@@H](O)C[C@@H](O)CC(=O)[O-].CC(C)c1nc(N(C)S(C)(=O)=O)nc(-c2ccc(F)cc2)c1/C=C/[C@@H](O)C[C@@H](O)CC(=O)[O-].[Ca+2].[H+]. The number of rotatable bonds is 40. The number of nitrogens with zero attached hydrogens (tertiary/aromatic N) is 12. The fraction of sp³-hybridized carbons (Fsp3) is 0.441. The van der Waals surface area contributed by atoms with Crippen LogP contribution in [-0.4, -0.2) is 289 Å². The maximum Gasteiger partial charge on any atom is 2.00 e. The van der Waals surface area contributed by atoms with Gasteiger partial charge in [-0.2, -0.15) is 0 Å². The number of aromatic nitrogens is 8. The van der Waals surface area contributed by atoms with Crippen LogP contribution in [0.3, 0.4) is 0 Å². The average molecular weight is 2040 g/mol. The summed E-state index contributed by atoms with van der Waals surface area (Å²) in [4.78, 5) is 79.3. The first-order valence-electron chi connectivity index (χ1n) is 42.3. The maximum atomic E-state index is 13.6. The normalized spacial score (nSPS) is 13.8. The molecule has 0 radical (unpaired) electrons. The minimum absolute atomic E-state index is 0. The number of anilines is 4. The van der Waals surface area contributed by atoms with Gasteiger partial charge in [-0.05, 0) is 142 Å². The Morgan fingerprint density at radius 2 is 0.558 bits per heavy atom. The number of esters is 1. The number of benzene rings is 4. The monoisotopic (exact) mass is 2040 g/mol. The molecule has 4 aromatic carbocycles. The number of hydrogen-bond donors (Lipinski definition) is 9. The molecule has 4 aromatic heterocycles. The summed E-state index contributed by atoms with van der Waals surface area (Å²) >= 11 is 0. The van der Waals surface area contributed by atoms with Crippen LogP contribution in [0.2, 0.25) is 0 Å². The summed E-state index contributed by atoms with van der Waals surface area (Å²) < 4.78 is 160. The molecule has 8 aromatic rings. The molecule has 8 atom stereocenters. The van der Waals surface area contributed by atoms with Gasteiger partial charge in [0.1, 0.15) is 28.9 Å². The van der Waals surface area contributed by atoms with E-state index in [1.54, 1.807) is 26.8 Å². The number of sulfonamides is 4. The van der Waals surface area contributed by atoms with Crippen LogP contribution >= 0.6 is 0 Å². The standard InChI is InChI=1S/C26H36FN3O6S.3C22H28FN3O6S.CH4.Ca/c1-16(2)23-21(13-12-19(31)14-20(32)15-22(33)36-26(3,4)5)24(17-8-10-18(27)11-9-17)29-25(28-23)30(6)37(7,34)35;3*1-13(2)20-18(10-9-16(27)11-17(28)12-19(29)30)21(14-5-7-15(23)8-6-14)25-22(24-20)26(3)33(4,31)32;;/h8-13,16,19-20,31-32H,14-15H2,1-7H3;3*5-10,13,16-17,27-28H,11-12H2,1-4H3,(H,29,30);1H4;/q;;;;;+2/p-1/b13-12+;3*10-9+;;/t19-,20-;3*16-,17-;;/m1111../s1. The van der Waals surface area contributed by atoms with Crippen molar-refractivity contribution in [1.82, 2.24) is 39.9 Å². The van der Waals surface area contributed by atoms with Gasteiger partial charge in [-0.25, -0.2) is 108 Å². The molecule has 0 amide bonds. The van der Waals surface area contributed by atoms with Crippen molar-refractivity contribution in [2.75, 3.05) is 70.4 Å². The third-order valence-corrected chi connectivity index (χ3v) is 24.3. The number of ether oxygens (including phenoxy) is 1. The summed E-state index contributed by atoms with van der Waals surface area (Å²) in [5.74, 6) is -7.37. The zero-order valence-corrected chi connectivity index (χ0v) is 84.8. The molecule has 752 valence electrons. The van der Waals surface area contributed by atoms with E-state index >= 15 is 0 Å². The number of carboxylic acids is 3. The number of aliphatic carboxylic acids is 3. The quantitative estimate of drug-likeness (QED) is 0.00985. The van der Waals surface area contributed by atoms with Gasteiger partial charge in [-0.3, -0.25) is 9.59 Å². The molecule has 0 spiro atoms. The summed E-state index contributed by atoms with van der Waals surface area (Å²) in [6.07, 6.45) is 3.45. The fourth-order valence-electron chi connectivity index (χ4n) is 12.5. The van der Waals surface area contributed by atoms with E-state index in [9.17, 15) is 121 Å². The fourth-order valence-corrected chi connectivity index (χ4v) is 14.1.